The zero-order chi connectivity index (χ0) is 10.4. The maximum absolute atomic E-state index is 11.2. The minimum absolute atomic E-state index is 0. The third kappa shape index (κ3) is 8.01. The lowest BCUT2D eigenvalue weighted by molar-refractivity contribution is -0.146. The van der Waals surface area contributed by atoms with Gasteiger partial charge in [0.1, 0.15) is 0 Å². The van der Waals surface area contributed by atoms with Gasteiger partial charge in [-0.3, -0.25) is 9.59 Å². The molecule has 2 N–H and O–H groups in total. The number of ketones is 1. The van der Waals surface area contributed by atoms with Crippen LogP contribution in [0.5, 0.6) is 0 Å². The first-order valence-electron chi connectivity index (χ1n) is 4.35. The van der Waals surface area contributed by atoms with E-state index in [0.717, 1.165) is 0 Å². The Balaban J connectivity index is 0. The number of halogens is 1. The van der Waals surface area contributed by atoms with Crippen molar-refractivity contribution >= 4 is 24.2 Å². The van der Waals surface area contributed by atoms with E-state index in [1.165, 1.54) is 6.92 Å². The maximum atomic E-state index is 11.2. The molecule has 0 aromatic carbocycles. The Morgan fingerprint density at radius 2 is 1.86 bits per heavy atom. The second-order valence-electron chi connectivity index (χ2n) is 3.48. The van der Waals surface area contributed by atoms with Gasteiger partial charge in [0.15, 0.2) is 12.4 Å². The van der Waals surface area contributed by atoms with Crippen molar-refractivity contribution in [2.24, 2.45) is 11.7 Å². The van der Waals surface area contributed by atoms with Gasteiger partial charge in [-0.05, 0) is 12.3 Å². The molecule has 0 bridgehead atoms. The van der Waals surface area contributed by atoms with E-state index in [2.05, 4.69) is 4.74 Å². The molecule has 4 nitrogen and oxygen atoms in total. The SMILES string of the molecule is CC(=O)OCC(=O)[C@@H](N)CC(C)C.Cl. The van der Waals surface area contributed by atoms with Crippen LogP contribution in [0.25, 0.3) is 0 Å². The summed E-state index contributed by atoms with van der Waals surface area (Å²) in [7, 11) is 0. The molecule has 0 aliphatic rings. The summed E-state index contributed by atoms with van der Waals surface area (Å²) in [6.07, 6.45) is 0.625. The topological polar surface area (TPSA) is 69.4 Å². The molecule has 0 spiro atoms. The van der Waals surface area contributed by atoms with Crippen molar-refractivity contribution < 1.29 is 14.3 Å². The van der Waals surface area contributed by atoms with Gasteiger partial charge in [0, 0.05) is 6.92 Å². The highest BCUT2D eigenvalue weighted by molar-refractivity contribution is 5.86. The molecule has 14 heavy (non-hydrogen) atoms. The van der Waals surface area contributed by atoms with Gasteiger partial charge in [-0.15, -0.1) is 12.4 Å². The summed E-state index contributed by atoms with van der Waals surface area (Å²) >= 11 is 0. The summed E-state index contributed by atoms with van der Waals surface area (Å²) in [5.74, 6) is -0.301. The Labute approximate surface area is 90.6 Å². The van der Waals surface area contributed by atoms with Gasteiger partial charge in [0.2, 0.25) is 0 Å². The van der Waals surface area contributed by atoms with Crippen molar-refractivity contribution in [2.75, 3.05) is 6.61 Å². The normalized spacial score (nSPS) is 11.8. The lowest BCUT2D eigenvalue weighted by atomic mass is 10.0. The standard InChI is InChI=1S/C9H17NO3.ClH/c1-6(2)4-8(10)9(12)5-13-7(3)11;/h6,8H,4-5,10H2,1-3H3;1H/t8-;/m0./s1. The fourth-order valence-electron chi connectivity index (χ4n) is 0.919. The fourth-order valence-corrected chi connectivity index (χ4v) is 0.919. The van der Waals surface area contributed by atoms with Crippen molar-refractivity contribution in [2.45, 2.75) is 33.2 Å². The van der Waals surface area contributed by atoms with Crippen LogP contribution in [0.4, 0.5) is 0 Å². The lowest BCUT2D eigenvalue weighted by Gasteiger charge is -2.12. The molecule has 0 heterocycles. The fraction of sp³-hybridized carbons (Fsp3) is 0.778. The van der Waals surface area contributed by atoms with E-state index in [4.69, 9.17) is 5.73 Å². The van der Waals surface area contributed by atoms with Crippen molar-refractivity contribution in [1.82, 2.24) is 0 Å². The van der Waals surface area contributed by atoms with Gasteiger partial charge >= 0.3 is 5.97 Å². The average Bonchev–Trinajstić information content (AvgIpc) is 1.98. The number of esters is 1. The van der Waals surface area contributed by atoms with Crippen LogP contribution in [0, 0.1) is 5.92 Å². The third-order valence-corrected chi connectivity index (χ3v) is 1.56. The summed E-state index contributed by atoms with van der Waals surface area (Å²) in [5.41, 5.74) is 5.56. The number of rotatable bonds is 5. The molecule has 0 unspecified atom stereocenters. The molecule has 5 heteroatoms. The molecule has 0 aromatic rings. The molecule has 0 aromatic heterocycles. The first kappa shape index (κ1) is 15.8. The molecular weight excluding hydrogens is 206 g/mol. The predicted molar refractivity (Wildman–Crippen MR) is 56.3 cm³/mol. The van der Waals surface area contributed by atoms with Crippen molar-refractivity contribution in [1.29, 1.82) is 0 Å². The largest absolute Gasteiger partial charge is 0.458 e. The van der Waals surface area contributed by atoms with Gasteiger partial charge in [-0.25, -0.2) is 0 Å². The van der Waals surface area contributed by atoms with E-state index in [0.29, 0.717) is 12.3 Å². The monoisotopic (exact) mass is 223 g/mol. The van der Waals surface area contributed by atoms with E-state index >= 15 is 0 Å². The number of carbonyl (C=O) groups excluding carboxylic acids is 2. The van der Waals surface area contributed by atoms with E-state index in [1.54, 1.807) is 0 Å². The Morgan fingerprint density at radius 1 is 1.36 bits per heavy atom. The number of hydrogen-bond donors (Lipinski definition) is 1. The number of carbonyl (C=O) groups is 2. The Bertz CT molecular complexity index is 194. The number of nitrogens with two attached hydrogens (primary N) is 1. The molecule has 0 rings (SSSR count). The smallest absolute Gasteiger partial charge is 0.303 e. The van der Waals surface area contributed by atoms with Crippen molar-refractivity contribution in [3.8, 4) is 0 Å². The number of hydrogen-bond acceptors (Lipinski definition) is 4. The number of Topliss-reactive ketones (excluding diaryl/α,β-unsaturated/α-hetero) is 1. The Kier molecular flexibility index (Phi) is 8.79. The highest BCUT2D eigenvalue weighted by atomic mass is 35.5. The van der Waals surface area contributed by atoms with E-state index in [-0.39, 0.29) is 24.8 Å². The first-order chi connectivity index (χ1) is 5.93. The third-order valence-electron chi connectivity index (χ3n) is 1.56. The van der Waals surface area contributed by atoms with Crippen LogP contribution in [0.2, 0.25) is 0 Å². The number of ether oxygens (including phenoxy) is 1. The summed E-state index contributed by atoms with van der Waals surface area (Å²) < 4.78 is 4.54. The zero-order valence-electron chi connectivity index (χ0n) is 8.78. The molecule has 84 valence electrons. The maximum Gasteiger partial charge on any atom is 0.303 e. The Morgan fingerprint density at radius 3 is 2.21 bits per heavy atom. The molecular formula is C9H18ClNO3. The lowest BCUT2D eigenvalue weighted by Crippen LogP contribution is -2.35. The van der Waals surface area contributed by atoms with Gasteiger partial charge in [0.05, 0.1) is 6.04 Å². The molecule has 0 amide bonds. The van der Waals surface area contributed by atoms with Gasteiger partial charge in [0.25, 0.3) is 0 Å². The highest BCUT2D eigenvalue weighted by Crippen LogP contribution is 2.03. The van der Waals surface area contributed by atoms with Gasteiger partial charge < -0.3 is 10.5 Å². The molecule has 0 saturated heterocycles. The van der Waals surface area contributed by atoms with Crippen LogP contribution >= 0.6 is 12.4 Å². The summed E-state index contributed by atoms with van der Waals surface area (Å²) in [4.78, 5) is 21.6. The Hall–Kier alpha value is -0.610. The van der Waals surface area contributed by atoms with Gasteiger partial charge in [-0.1, -0.05) is 13.8 Å². The average molecular weight is 224 g/mol. The van der Waals surface area contributed by atoms with E-state index in [9.17, 15) is 9.59 Å². The molecule has 0 radical (unpaired) electrons. The minimum Gasteiger partial charge on any atom is -0.458 e. The molecule has 0 aliphatic carbocycles. The minimum atomic E-state index is -0.514. The second kappa shape index (κ2) is 7.76. The molecule has 0 saturated carbocycles. The summed E-state index contributed by atoms with van der Waals surface area (Å²) in [6, 6.07) is -0.514. The van der Waals surface area contributed by atoms with Crippen LogP contribution in [-0.2, 0) is 14.3 Å². The highest BCUT2D eigenvalue weighted by Gasteiger charge is 2.15. The van der Waals surface area contributed by atoms with Gasteiger partial charge in [-0.2, -0.15) is 0 Å². The van der Waals surface area contributed by atoms with Crippen LogP contribution in [0.3, 0.4) is 0 Å². The van der Waals surface area contributed by atoms with Crippen LogP contribution < -0.4 is 5.73 Å². The molecule has 0 fully saturated rings. The van der Waals surface area contributed by atoms with Crippen molar-refractivity contribution in [3.63, 3.8) is 0 Å². The van der Waals surface area contributed by atoms with E-state index < -0.39 is 12.0 Å². The summed E-state index contributed by atoms with van der Waals surface area (Å²) in [6.45, 7) is 5.03. The zero-order valence-corrected chi connectivity index (χ0v) is 9.60. The van der Waals surface area contributed by atoms with Crippen molar-refractivity contribution in [3.05, 3.63) is 0 Å². The predicted octanol–water partition coefficient (Wildman–Crippen LogP) is 0.914. The molecule has 1 atom stereocenters. The second-order valence-corrected chi connectivity index (χ2v) is 3.48. The van der Waals surface area contributed by atoms with E-state index in [1.807, 2.05) is 13.8 Å². The quantitative estimate of drug-likeness (QED) is 0.704. The van der Waals surface area contributed by atoms with Crippen LogP contribution in [0.1, 0.15) is 27.2 Å². The molecule has 0 aliphatic heterocycles. The summed E-state index contributed by atoms with van der Waals surface area (Å²) in [5, 5.41) is 0. The van der Waals surface area contributed by atoms with Crippen LogP contribution in [0.15, 0.2) is 0 Å². The first-order valence-corrected chi connectivity index (χ1v) is 4.35. The van der Waals surface area contributed by atoms with Crippen LogP contribution in [-0.4, -0.2) is 24.4 Å².